The summed E-state index contributed by atoms with van der Waals surface area (Å²) in [7, 11) is 0. The van der Waals surface area contributed by atoms with Crippen LogP contribution in [0.3, 0.4) is 0 Å². The van der Waals surface area contributed by atoms with E-state index in [1.807, 2.05) is 30.3 Å². The maximum Gasteiger partial charge on any atom is 0.162 e. The third-order valence-electron chi connectivity index (χ3n) is 3.40. The maximum absolute atomic E-state index is 11.9. The highest BCUT2D eigenvalue weighted by Crippen LogP contribution is 2.11. The van der Waals surface area contributed by atoms with Crippen LogP contribution >= 0.6 is 0 Å². The second-order valence-corrected chi connectivity index (χ2v) is 4.81. The molecule has 0 aliphatic rings. The largest absolute Gasteiger partial charge is 0.294 e. The van der Waals surface area contributed by atoms with E-state index in [2.05, 4.69) is 31.2 Å². The lowest BCUT2D eigenvalue weighted by atomic mass is 10.0. The SMILES string of the molecule is CCc1ccc(CCCC(=O)c2ccccc2)cc1. The minimum absolute atomic E-state index is 0.241. The van der Waals surface area contributed by atoms with Crippen molar-refractivity contribution in [1.82, 2.24) is 0 Å². The van der Waals surface area contributed by atoms with Crippen molar-refractivity contribution in [3.63, 3.8) is 0 Å². The zero-order valence-electron chi connectivity index (χ0n) is 11.4. The summed E-state index contributed by atoms with van der Waals surface area (Å²) in [6.07, 6.45) is 3.59. The number of carbonyl (C=O) groups excluding carboxylic acids is 1. The van der Waals surface area contributed by atoms with Gasteiger partial charge in [0.2, 0.25) is 0 Å². The van der Waals surface area contributed by atoms with Crippen LogP contribution in [-0.4, -0.2) is 5.78 Å². The lowest BCUT2D eigenvalue weighted by molar-refractivity contribution is 0.0980. The van der Waals surface area contributed by atoms with Crippen LogP contribution in [0.25, 0.3) is 0 Å². The van der Waals surface area contributed by atoms with Gasteiger partial charge in [-0.2, -0.15) is 0 Å². The zero-order chi connectivity index (χ0) is 13.5. The number of aryl methyl sites for hydroxylation is 2. The van der Waals surface area contributed by atoms with Crippen LogP contribution in [0.2, 0.25) is 0 Å². The van der Waals surface area contributed by atoms with E-state index in [1.165, 1.54) is 11.1 Å². The molecule has 0 atom stereocenters. The normalized spacial score (nSPS) is 10.4. The number of carbonyl (C=O) groups is 1. The molecule has 0 N–H and O–H groups in total. The first-order valence-corrected chi connectivity index (χ1v) is 6.95. The van der Waals surface area contributed by atoms with Gasteiger partial charge in [-0.05, 0) is 30.4 Å². The molecule has 0 aliphatic heterocycles. The molecule has 0 saturated heterocycles. The summed E-state index contributed by atoms with van der Waals surface area (Å²) in [5.41, 5.74) is 3.51. The van der Waals surface area contributed by atoms with Gasteiger partial charge in [-0.25, -0.2) is 0 Å². The van der Waals surface area contributed by atoms with Gasteiger partial charge < -0.3 is 0 Å². The highest BCUT2D eigenvalue weighted by molar-refractivity contribution is 5.95. The molecule has 0 spiro atoms. The highest BCUT2D eigenvalue weighted by Gasteiger charge is 2.04. The van der Waals surface area contributed by atoms with E-state index in [9.17, 15) is 4.79 Å². The fourth-order valence-corrected chi connectivity index (χ4v) is 2.16. The van der Waals surface area contributed by atoms with Gasteiger partial charge >= 0.3 is 0 Å². The lowest BCUT2D eigenvalue weighted by Crippen LogP contribution is -1.99. The summed E-state index contributed by atoms with van der Waals surface area (Å²) in [4.78, 5) is 11.9. The van der Waals surface area contributed by atoms with E-state index in [4.69, 9.17) is 0 Å². The second kappa shape index (κ2) is 6.89. The van der Waals surface area contributed by atoms with Gasteiger partial charge in [0, 0.05) is 12.0 Å². The molecular formula is C18H20O. The number of rotatable bonds is 6. The number of hydrogen-bond donors (Lipinski definition) is 0. The Morgan fingerprint density at radius 2 is 1.53 bits per heavy atom. The van der Waals surface area contributed by atoms with E-state index >= 15 is 0 Å². The van der Waals surface area contributed by atoms with Crippen molar-refractivity contribution in [2.75, 3.05) is 0 Å². The Labute approximate surface area is 115 Å². The molecule has 0 unspecified atom stereocenters. The Bertz CT molecular complexity index is 511. The first-order chi connectivity index (χ1) is 9.29. The maximum atomic E-state index is 11.9. The molecule has 2 rings (SSSR count). The number of ketones is 1. The summed E-state index contributed by atoms with van der Waals surface area (Å²) in [6, 6.07) is 18.2. The Morgan fingerprint density at radius 1 is 0.895 bits per heavy atom. The first kappa shape index (κ1) is 13.5. The van der Waals surface area contributed by atoms with Crippen LogP contribution in [0.5, 0.6) is 0 Å². The standard InChI is InChI=1S/C18H20O/c1-2-15-11-13-16(14-12-15)7-6-10-18(19)17-8-4-3-5-9-17/h3-5,8-9,11-14H,2,6-7,10H2,1H3. The number of benzene rings is 2. The molecule has 98 valence electrons. The molecular weight excluding hydrogens is 232 g/mol. The molecule has 0 aromatic heterocycles. The van der Waals surface area contributed by atoms with Crippen molar-refractivity contribution in [3.8, 4) is 0 Å². The summed E-state index contributed by atoms with van der Waals surface area (Å²) in [5, 5.41) is 0. The lowest BCUT2D eigenvalue weighted by Gasteiger charge is -2.03. The molecule has 2 aromatic rings. The molecule has 0 heterocycles. The number of hydrogen-bond acceptors (Lipinski definition) is 1. The molecule has 0 radical (unpaired) electrons. The molecule has 2 aromatic carbocycles. The van der Waals surface area contributed by atoms with Gasteiger partial charge in [0.15, 0.2) is 5.78 Å². The van der Waals surface area contributed by atoms with Crippen molar-refractivity contribution in [3.05, 3.63) is 71.3 Å². The van der Waals surface area contributed by atoms with Crippen LogP contribution in [0, 0.1) is 0 Å². The summed E-state index contributed by atoms with van der Waals surface area (Å²) in [5.74, 6) is 0.241. The molecule has 0 fully saturated rings. The quantitative estimate of drug-likeness (QED) is 0.694. The van der Waals surface area contributed by atoms with Crippen molar-refractivity contribution in [2.45, 2.75) is 32.6 Å². The van der Waals surface area contributed by atoms with Crippen molar-refractivity contribution in [1.29, 1.82) is 0 Å². The molecule has 1 heteroatoms. The smallest absolute Gasteiger partial charge is 0.162 e. The zero-order valence-corrected chi connectivity index (χ0v) is 11.4. The second-order valence-electron chi connectivity index (χ2n) is 4.81. The van der Waals surface area contributed by atoms with E-state index in [-0.39, 0.29) is 5.78 Å². The van der Waals surface area contributed by atoms with Crippen LogP contribution < -0.4 is 0 Å². The van der Waals surface area contributed by atoms with Crippen molar-refractivity contribution >= 4 is 5.78 Å². The summed E-state index contributed by atoms with van der Waals surface area (Å²) in [6.45, 7) is 2.16. The first-order valence-electron chi connectivity index (χ1n) is 6.95. The Kier molecular flexibility index (Phi) is 4.91. The van der Waals surface area contributed by atoms with E-state index in [0.717, 1.165) is 24.8 Å². The fraction of sp³-hybridized carbons (Fsp3) is 0.278. The van der Waals surface area contributed by atoms with Crippen LogP contribution in [-0.2, 0) is 12.8 Å². The van der Waals surface area contributed by atoms with Crippen LogP contribution in [0.15, 0.2) is 54.6 Å². The van der Waals surface area contributed by atoms with Gasteiger partial charge in [-0.1, -0.05) is 61.5 Å². The van der Waals surface area contributed by atoms with E-state index in [0.29, 0.717) is 6.42 Å². The van der Waals surface area contributed by atoms with Crippen LogP contribution in [0.1, 0.15) is 41.3 Å². The highest BCUT2D eigenvalue weighted by atomic mass is 16.1. The summed E-state index contributed by atoms with van der Waals surface area (Å²) < 4.78 is 0. The molecule has 0 amide bonds. The van der Waals surface area contributed by atoms with Gasteiger partial charge in [0.1, 0.15) is 0 Å². The molecule has 0 aliphatic carbocycles. The van der Waals surface area contributed by atoms with Gasteiger partial charge in [0.05, 0.1) is 0 Å². The minimum atomic E-state index is 0.241. The molecule has 1 nitrogen and oxygen atoms in total. The van der Waals surface area contributed by atoms with Gasteiger partial charge in [-0.3, -0.25) is 4.79 Å². The average molecular weight is 252 g/mol. The topological polar surface area (TPSA) is 17.1 Å². The minimum Gasteiger partial charge on any atom is -0.294 e. The van der Waals surface area contributed by atoms with Crippen molar-refractivity contribution < 1.29 is 4.79 Å². The van der Waals surface area contributed by atoms with Gasteiger partial charge in [0.25, 0.3) is 0 Å². The third kappa shape index (κ3) is 4.06. The molecule has 0 bridgehead atoms. The predicted molar refractivity (Wildman–Crippen MR) is 79.5 cm³/mol. The Hall–Kier alpha value is -1.89. The van der Waals surface area contributed by atoms with E-state index < -0.39 is 0 Å². The Morgan fingerprint density at radius 3 is 2.16 bits per heavy atom. The monoisotopic (exact) mass is 252 g/mol. The average Bonchev–Trinajstić information content (AvgIpc) is 2.49. The Balaban J connectivity index is 1.81. The third-order valence-corrected chi connectivity index (χ3v) is 3.40. The molecule has 19 heavy (non-hydrogen) atoms. The predicted octanol–water partition coefficient (Wildman–Crippen LogP) is 4.45. The van der Waals surface area contributed by atoms with Crippen LogP contribution in [0.4, 0.5) is 0 Å². The number of Topliss-reactive ketones (excluding diaryl/α,β-unsaturated/α-hetero) is 1. The van der Waals surface area contributed by atoms with Crippen molar-refractivity contribution in [2.24, 2.45) is 0 Å². The van der Waals surface area contributed by atoms with E-state index in [1.54, 1.807) is 0 Å². The fourth-order valence-electron chi connectivity index (χ4n) is 2.16. The molecule has 0 saturated carbocycles. The summed E-state index contributed by atoms with van der Waals surface area (Å²) >= 11 is 0. The van der Waals surface area contributed by atoms with Gasteiger partial charge in [-0.15, -0.1) is 0 Å².